The van der Waals surface area contributed by atoms with Gasteiger partial charge in [-0.1, -0.05) is 0 Å². The number of fused-ring (bicyclic) bond motifs is 1. The number of aromatic nitrogens is 3. The van der Waals surface area contributed by atoms with Crippen LogP contribution in [0.2, 0.25) is 0 Å². The third-order valence-electron chi connectivity index (χ3n) is 5.71. The summed E-state index contributed by atoms with van der Waals surface area (Å²) in [7, 11) is 1.87. The summed E-state index contributed by atoms with van der Waals surface area (Å²) >= 11 is 0. The lowest BCUT2D eigenvalue weighted by Gasteiger charge is -2.33. The quantitative estimate of drug-likeness (QED) is 0.834. The lowest BCUT2D eigenvalue weighted by Crippen LogP contribution is -2.47. The van der Waals surface area contributed by atoms with Crippen LogP contribution >= 0.6 is 0 Å². The maximum atomic E-state index is 13.2. The summed E-state index contributed by atoms with van der Waals surface area (Å²) in [5.41, 5.74) is 2.71. The highest BCUT2D eigenvalue weighted by Gasteiger charge is 2.30. The molecule has 1 aliphatic carbocycles. The van der Waals surface area contributed by atoms with Crippen LogP contribution in [0, 0.1) is 6.92 Å². The van der Waals surface area contributed by atoms with Crippen LogP contribution in [0.4, 0.5) is 4.79 Å². The van der Waals surface area contributed by atoms with E-state index in [-0.39, 0.29) is 18.0 Å². The second kappa shape index (κ2) is 7.56. The molecule has 0 unspecified atom stereocenters. The van der Waals surface area contributed by atoms with Gasteiger partial charge in [-0.15, -0.1) is 0 Å². The molecule has 1 N–H and O–H groups in total. The Morgan fingerprint density at radius 3 is 2.43 bits per heavy atom. The molecule has 2 aliphatic rings. The molecule has 0 bridgehead atoms. The Balaban J connectivity index is 1.46. The molecule has 8 nitrogen and oxygen atoms in total. The van der Waals surface area contributed by atoms with Gasteiger partial charge in [0.1, 0.15) is 5.60 Å². The van der Waals surface area contributed by atoms with Crippen molar-refractivity contribution >= 4 is 23.0 Å². The predicted molar refractivity (Wildman–Crippen MR) is 114 cm³/mol. The highest BCUT2D eigenvalue weighted by Crippen LogP contribution is 2.40. The van der Waals surface area contributed by atoms with Crippen LogP contribution in [0.3, 0.4) is 0 Å². The average Bonchev–Trinajstić information content (AvgIpc) is 3.47. The SMILES string of the molecule is Cc1nn(C)c2nc(C3CC3)cc(C(=O)NC3CCN(C(=O)OC(C)(C)C)CC3)c12. The van der Waals surface area contributed by atoms with Crippen molar-refractivity contribution in [1.29, 1.82) is 0 Å². The summed E-state index contributed by atoms with van der Waals surface area (Å²) in [5.74, 6) is 0.365. The standard InChI is InChI=1S/C22H31N5O3/c1-13-18-16(12-17(14-6-7-14)24-19(18)26(5)25-13)20(28)23-15-8-10-27(11-9-15)21(29)30-22(2,3)4/h12,14-15H,6-11H2,1-5H3,(H,23,28). The second-order valence-electron chi connectivity index (χ2n) is 9.49. The maximum absolute atomic E-state index is 13.2. The van der Waals surface area contributed by atoms with E-state index in [1.54, 1.807) is 9.58 Å². The number of hydrogen-bond acceptors (Lipinski definition) is 5. The zero-order chi connectivity index (χ0) is 21.6. The predicted octanol–water partition coefficient (Wildman–Crippen LogP) is 3.28. The van der Waals surface area contributed by atoms with Crippen LogP contribution in [0.25, 0.3) is 11.0 Å². The number of carbonyl (C=O) groups excluding carboxylic acids is 2. The van der Waals surface area contributed by atoms with Gasteiger partial charge in [-0.3, -0.25) is 9.48 Å². The molecule has 3 heterocycles. The van der Waals surface area contributed by atoms with Crippen LogP contribution in [-0.4, -0.2) is 56.4 Å². The topological polar surface area (TPSA) is 89.4 Å². The van der Waals surface area contributed by atoms with E-state index in [1.165, 1.54) is 0 Å². The number of piperidine rings is 1. The number of nitrogens with zero attached hydrogens (tertiary/aromatic N) is 4. The molecule has 0 spiro atoms. The molecule has 162 valence electrons. The monoisotopic (exact) mass is 413 g/mol. The first kappa shape index (κ1) is 20.6. The molecule has 1 saturated carbocycles. The van der Waals surface area contributed by atoms with E-state index in [2.05, 4.69) is 10.4 Å². The van der Waals surface area contributed by atoms with Crippen molar-refractivity contribution in [2.24, 2.45) is 7.05 Å². The molecule has 2 amide bonds. The number of ether oxygens (including phenoxy) is 1. The van der Waals surface area contributed by atoms with Crippen molar-refractivity contribution in [1.82, 2.24) is 25.0 Å². The number of likely N-dealkylation sites (tertiary alicyclic amines) is 1. The molecule has 2 aromatic heterocycles. The molecule has 4 rings (SSSR count). The van der Waals surface area contributed by atoms with Gasteiger partial charge in [0.05, 0.1) is 16.6 Å². The molecule has 0 atom stereocenters. The van der Waals surface area contributed by atoms with Gasteiger partial charge in [-0.25, -0.2) is 9.78 Å². The number of aryl methyl sites for hydroxylation is 2. The minimum atomic E-state index is -0.504. The number of rotatable bonds is 3. The third kappa shape index (κ3) is 4.27. The third-order valence-corrected chi connectivity index (χ3v) is 5.71. The largest absolute Gasteiger partial charge is 0.444 e. The zero-order valence-corrected chi connectivity index (χ0v) is 18.5. The Kier molecular flexibility index (Phi) is 5.20. The van der Waals surface area contributed by atoms with Gasteiger partial charge in [0.25, 0.3) is 5.91 Å². The number of hydrogen-bond donors (Lipinski definition) is 1. The minimum Gasteiger partial charge on any atom is -0.444 e. The minimum absolute atomic E-state index is 0.0285. The summed E-state index contributed by atoms with van der Waals surface area (Å²) < 4.78 is 7.21. The fourth-order valence-corrected chi connectivity index (χ4v) is 4.03. The number of amides is 2. The maximum Gasteiger partial charge on any atom is 0.410 e. The molecule has 30 heavy (non-hydrogen) atoms. The van der Waals surface area contributed by atoms with Crippen molar-refractivity contribution in [3.8, 4) is 0 Å². The van der Waals surface area contributed by atoms with Crippen molar-refractivity contribution in [3.05, 3.63) is 23.0 Å². The molecule has 2 aromatic rings. The molecular weight excluding hydrogens is 382 g/mol. The van der Waals surface area contributed by atoms with E-state index in [0.717, 1.165) is 35.3 Å². The van der Waals surface area contributed by atoms with Crippen LogP contribution in [-0.2, 0) is 11.8 Å². The first-order chi connectivity index (χ1) is 14.1. The van der Waals surface area contributed by atoms with Gasteiger partial charge in [0.15, 0.2) is 5.65 Å². The molecule has 1 aliphatic heterocycles. The molecule has 0 radical (unpaired) electrons. The summed E-state index contributed by atoms with van der Waals surface area (Å²) in [5, 5.41) is 8.48. The van der Waals surface area contributed by atoms with Gasteiger partial charge in [-0.05, 0) is 59.4 Å². The van der Waals surface area contributed by atoms with Crippen molar-refractivity contribution in [2.75, 3.05) is 13.1 Å². The fraction of sp³-hybridized carbons (Fsp3) is 0.636. The first-order valence-electron chi connectivity index (χ1n) is 10.8. The van der Waals surface area contributed by atoms with Crippen LogP contribution in [0.5, 0.6) is 0 Å². The summed E-state index contributed by atoms with van der Waals surface area (Å²) in [6.07, 6.45) is 3.38. The Labute approximate surface area is 177 Å². The normalized spacial score (nSPS) is 18.0. The van der Waals surface area contributed by atoms with E-state index in [4.69, 9.17) is 9.72 Å². The van der Waals surface area contributed by atoms with Gasteiger partial charge in [0, 0.05) is 37.8 Å². The molecular formula is C22H31N5O3. The summed E-state index contributed by atoms with van der Waals surface area (Å²) in [6.45, 7) is 8.66. The van der Waals surface area contributed by atoms with E-state index < -0.39 is 5.60 Å². The zero-order valence-electron chi connectivity index (χ0n) is 18.5. The molecule has 0 aromatic carbocycles. The number of pyridine rings is 1. The highest BCUT2D eigenvalue weighted by molar-refractivity contribution is 6.06. The van der Waals surface area contributed by atoms with Crippen molar-refractivity contribution in [3.63, 3.8) is 0 Å². The van der Waals surface area contributed by atoms with Crippen LogP contribution in [0.1, 0.15) is 74.1 Å². The number of carbonyl (C=O) groups is 2. The van der Waals surface area contributed by atoms with Crippen molar-refractivity contribution < 1.29 is 14.3 Å². The van der Waals surface area contributed by atoms with Crippen molar-refractivity contribution in [2.45, 2.75) is 70.9 Å². The van der Waals surface area contributed by atoms with Gasteiger partial charge in [-0.2, -0.15) is 5.10 Å². The summed E-state index contributed by atoms with van der Waals surface area (Å²) in [6, 6.07) is 1.97. The molecule has 1 saturated heterocycles. The fourth-order valence-electron chi connectivity index (χ4n) is 4.03. The van der Waals surface area contributed by atoms with E-state index in [1.807, 2.05) is 40.8 Å². The average molecular weight is 414 g/mol. The Hall–Kier alpha value is -2.64. The van der Waals surface area contributed by atoms with Gasteiger partial charge >= 0.3 is 6.09 Å². The van der Waals surface area contributed by atoms with Gasteiger partial charge in [0.2, 0.25) is 0 Å². The summed E-state index contributed by atoms with van der Waals surface area (Å²) in [4.78, 5) is 31.9. The van der Waals surface area contributed by atoms with Gasteiger partial charge < -0.3 is 15.0 Å². The highest BCUT2D eigenvalue weighted by atomic mass is 16.6. The molecule has 2 fully saturated rings. The lowest BCUT2D eigenvalue weighted by atomic mass is 10.0. The lowest BCUT2D eigenvalue weighted by molar-refractivity contribution is 0.0199. The first-order valence-corrected chi connectivity index (χ1v) is 10.8. The van der Waals surface area contributed by atoms with E-state index >= 15 is 0 Å². The Bertz CT molecular complexity index is 979. The number of nitrogens with one attached hydrogen (secondary N) is 1. The molecule has 8 heteroatoms. The van der Waals surface area contributed by atoms with Crippen LogP contribution < -0.4 is 5.32 Å². The smallest absolute Gasteiger partial charge is 0.410 e. The van der Waals surface area contributed by atoms with E-state index in [9.17, 15) is 9.59 Å². The Morgan fingerprint density at radius 1 is 1.17 bits per heavy atom. The van der Waals surface area contributed by atoms with E-state index in [0.29, 0.717) is 37.4 Å². The second-order valence-corrected chi connectivity index (χ2v) is 9.49. The Morgan fingerprint density at radius 2 is 1.83 bits per heavy atom. The van der Waals surface area contributed by atoms with Crippen LogP contribution in [0.15, 0.2) is 6.07 Å².